The second-order valence-corrected chi connectivity index (χ2v) is 5.38. The molecule has 2 N–H and O–H groups in total. The Labute approximate surface area is 117 Å². The van der Waals surface area contributed by atoms with Crippen molar-refractivity contribution in [1.82, 2.24) is 0 Å². The van der Waals surface area contributed by atoms with Crippen molar-refractivity contribution in [3.63, 3.8) is 0 Å². The van der Waals surface area contributed by atoms with Gasteiger partial charge in [0.1, 0.15) is 6.07 Å². The molecule has 0 aliphatic heterocycles. The average Bonchev–Trinajstić information content (AvgIpc) is 2.38. The highest BCUT2D eigenvalue weighted by molar-refractivity contribution is 7.99. The molecular formula is C14H18N2O2S. The zero-order chi connectivity index (χ0) is 14.3. The highest BCUT2D eigenvalue weighted by atomic mass is 32.2. The van der Waals surface area contributed by atoms with Crippen molar-refractivity contribution >= 4 is 23.4 Å². The monoisotopic (exact) mass is 278 g/mol. The third kappa shape index (κ3) is 4.49. The lowest BCUT2D eigenvalue weighted by Gasteiger charge is -2.18. The zero-order valence-electron chi connectivity index (χ0n) is 11.1. The molecule has 1 aromatic carbocycles. The number of aliphatic carboxylic acids is 1. The predicted octanol–water partition coefficient (Wildman–Crippen LogP) is 3.34. The minimum Gasteiger partial charge on any atom is -0.481 e. The molecule has 0 amide bonds. The molecule has 1 atom stereocenters. The normalized spacial score (nSPS) is 11.6. The second kappa shape index (κ2) is 7.70. The lowest BCUT2D eigenvalue weighted by molar-refractivity contribution is -0.137. The van der Waals surface area contributed by atoms with Crippen LogP contribution in [0, 0.1) is 11.3 Å². The number of carboxylic acids is 1. The van der Waals surface area contributed by atoms with Crippen LogP contribution in [-0.4, -0.2) is 22.9 Å². The van der Waals surface area contributed by atoms with Gasteiger partial charge in [0.2, 0.25) is 0 Å². The first-order valence-corrected chi connectivity index (χ1v) is 7.25. The number of nitrogens with zero attached hydrogens (tertiary/aromatic N) is 1. The first-order valence-electron chi connectivity index (χ1n) is 6.26. The SMILES string of the molecule is CCSc1cccc(NC(CC)CC(=O)O)c1C#N. The lowest BCUT2D eigenvalue weighted by atomic mass is 10.1. The molecule has 5 heteroatoms. The molecule has 19 heavy (non-hydrogen) atoms. The largest absolute Gasteiger partial charge is 0.481 e. The van der Waals surface area contributed by atoms with Crippen molar-refractivity contribution in [2.24, 2.45) is 0 Å². The fourth-order valence-electron chi connectivity index (χ4n) is 1.77. The summed E-state index contributed by atoms with van der Waals surface area (Å²) in [6, 6.07) is 7.66. The maximum Gasteiger partial charge on any atom is 0.305 e. The quantitative estimate of drug-likeness (QED) is 0.748. The molecule has 1 unspecified atom stereocenters. The van der Waals surface area contributed by atoms with Gasteiger partial charge in [-0.1, -0.05) is 19.9 Å². The molecule has 0 bridgehead atoms. The Bertz CT molecular complexity index is 483. The van der Waals surface area contributed by atoms with Gasteiger partial charge in [-0.05, 0) is 24.3 Å². The molecule has 0 saturated carbocycles. The molecule has 0 aliphatic rings. The first-order chi connectivity index (χ1) is 9.12. The Kier molecular flexibility index (Phi) is 6.23. The number of hydrogen-bond donors (Lipinski definition) is 2. The predicted molar refractivity (Wildman–Crippen MR) is 77.5 cm³/mol. The van der Waals surface area contributed by atoms with Gasteiger partial charge in [-0.15, -0.1) is 11.8 Å². The zero-order valence-corrected chi connectivity index (χ0v) is 12.0. The summed E-state index contributed by atoms with van der Waals surface area (Å²) < 4.78 is 0. The summed E-state index contributed by atoms with van der Waals surface area (Å²) in [5.41, 5.74) is 1.31. The number of carbonyl (C=O) groups is 1. The van der Waals surface area contributed by atoms with Crippen molar-refractivity contribution in [1.29, 1.82) is 5.26 Å². The van der Waals surface area contributed by atoms with E-state index in [9.17, 15) is 10.1 Å². The summed E-state index contributed by atoms with van der Waals surface area (Å²) in [6.07, 6.45) is 0.745. The first kappa shape index (κ1) is 15.4. The molecule has 4 nitrogen and oxygen atoms in total. The van der Waals surface area contributed by atoms with Gasteiger partial charge in [0.15, 0.2) is 0 Å². The van der Waals surface area contributed by atoms with Gasteiger partial charge in [0.25, 0.3) is 0 Å². The van der Waals surface area contributed by atoms with Crippen LogP contribution in [0.3, 0.4) is 0 Å². The van der Waals surface area contributed by atoms with E-state index >= 15 is 0 Å². The molecule has 1 rings (SSSR count). The van der Waals surface area contributed by atoms with E-state index in [-0.39, 0.29) is 12.5 Å². The maximum atomic E-state index is 10.8. The standard InChI is InChI=1S/C14H18N2O2S/c1-3-10(8-14(17)18)16-12-6-5-7-13(19-4-2)11(12)9-15/h5-7,10,16H,3-4,8H2,1-2H3,(H,17,18). The maximum absolute atomic E-state index is 10.8. The minimum atomic E-state index is -0.836. The molecule has 0 fully saturated rings. The number of nitriles is 1. The topological polar surface area (TPSA) is 73.1 Å². The average molecular weight is 278 g/mol. The molecule has 0 radical (unpaired) electrons. The summed E-state index contributed by atoms with van der Waals surface area (Å²) in [5, 5.41) is 21.3. The molecule has 1 aromatic rings. The summed E-state index contributed by atoms with van der Waals surface area (Å²) in [7, 11) is 0. The number of carboxylic acid groups (broad SMARTS) is 1. The molecule has 102 valence electrons. The Balaban J connectivity index is 2.96. The molecule has 0 aromatic heterocycles. The van der Waals surface area contributed by atoms with E-state index in [1.807, 2.05) is 32.0 Å². The summed E-state index contributed by atoms with van der Waals surface area (Å²) in [5.74, 6) is 0.0572. The highest BCUT2D eigenvalue weighted by Crippen LogP contribution is 2.28. The number of benzene rings is 1. The minimum absolute atomic E-state index is 0.0481. The Morgan fingerprint density at radius 3 is 2.79 bits per heavy atom. The van der Waals surface area contributed by atoms with Gasteiger partial charge in [0.05, 0.1) is 17.7 Å². The van der Waals surface area contributed by atoms with Crippen molar-refractivity contribution < 1.29 is 9.90 Å². The van der Waals surface area contributed by atoms with Crippen molar-refractivity contribution in [2.75, 3.05) is 11.1 Å². The van der Waals surface area contributed by atoms with Crippen LogP contribution in [0.15, 0.2) is 23.1 Å². The third-order valence-corrected chi connectivity index (χ3v) is 3.65. The molecule has 0 saturated heterocycles. The number of anilines is 1. The molecule has 0 aliphatic carbocycles. The van der Waals surface area contributed by atoms with Crippen LogP contribution in [0.1, 0.15) is 32.3 Å². The fourth-order valence-corrected chi connectivity index (χ4v) is 2.56. The Morgan fingerprint density at radius 1 is 1.53 bits per heavy atom. The van der Waals surface area contributed by atoms with Crippen LogP contribution < -0.4 is 5.32 Å². The van der Waals surface area contributed by atoms with E-state index in [2.05, 4.69) is 11.4 Å². The van der Waals surface area contributed by atoms with E-state index in [0.717, 1.165) is 10.6 Å². The van der Waals surface area contributed by atoms with Crippen LogP contribution in [0.25, 0.3) is 0 Å². The summed E-state index contributed by atoms with van der Waals surface area (Å²) >= 11 is 1.61. The highest BCUT2D eigenvalue weighted by Gasteiger charge is 2.14. The van der Waals surface area contributed by atoms with Gasteiger partial charge in [-0.2, -0.15) is 5.26 Å². The van der Waals surface area contributed by atoms with E-state index < -0.39 is 5.97 Å². The van der Waals surface area contributed by atoms with Gasteiger partial charge >= 0.3 is 5.97 Å². The van der Waals surface area contributed by atoms with E-state index in [0.29, 0.717) is 17.7 Å². The van der Waals surface area contributed by atoms with Crippen LogP contribution in [-0.2, 0) is 4.79 Å². The molecular weight excluding hydrogens is 260 g/mol. The lowest BCUT2D eigenvalue weighted by Crippen LogP contribution is -2.22. The Hall–Kier alpha value is -1.67. The van der Waals surface area contributed by atoms with Gasteiger partial charge in [-0.3, -0.25) is 4.79 Å². The van der Waals surface area contributed by atoms with E-state index in [4.69, 9.17) is 5.11 Å². The van der Waals surface area contributed by atoms with Crippen LogP contribution in [0.5, 0.6) is 0 Å². The number of rotatable bonds is 7. The molecule has 0 spiro atoms. The van der Waals surface area contributed by atoms with Crippen LogP contribution >= 0.6 is 11.8 Å². The van der Waals surface area contributed by atoms with Gasteiger partial charge in [-0.25, -0.2) is 0 Å². The second-order valence-electron chi connectivity index (χ2n) is 4.07. The van der Waals surface area contributed by atoms with Crippen molar-refractivity contribution in [3.05, 3.63) is 23.8 Å². The third-order valence-electron chi connectivity index (χ3n) is 2.71. The summed E-state index contributed by atoms with van der Waals surface area (Å²) in [4.78, 5) is 11.7. The van der Waals surface area contributed by atoms with Gasteiger partial charge < -0.3 is 10.4 Å². The Morgan fingerprint density at radius 2 is 2.26 bits per heavy atom. The molecule has 0 heterocycles. The smallest absolute Gasteiger partial charge is 0.305 e. The fraction of sp³-hybridized carbons (Fsp3) is 0.429. The summed E-state index contributed by atoms with van der Waals surface area (Å²) in [6.45, 7) is 3.96. The van der Waals surface area contributed by atoms with Crippen LogP contribution in [0.2, 0.25) is 0 Å². The van der Waals surface area contributed by atoms with Crippen molar-refractivity contribution in [3.8, 4) is 6.07 Å². The number of hydrogen-bond acceptors (Lipinski definition) is 4. The number of nitrogens with one attached hydrogen (secondary N) is 1. The van der Waals surface area contributed by atoms with E-state index in [1.54, 1.807) is 11.8 Å². The van der Waals surface area contributed by atoms with Gasteiger partial charge in [0, 0.05) is 10.9 Å². The number of thioether (sulfide) groups is 1. The van der Waals surface area contributed by atoms with Crippen LogP contribution in [0.4, 0.5) is 5.69 Å². The van der Waals surface area contributed by atoms with E-state index in [1.165, 1.54) is 0 Å². The van der Waals surface area contributed by atoms with Crippen molar-refractivity contribution in [2.45, 2.75) is 37.6 Å².